The summed E-state index contributed by atoms with van der Waals surface area (Å²) in [6.07, 6.45) is 5.42. The Morgan fingerprint density at radius 1 is 1.38 bits per heavy atom. The first-order valence-corrected chi connectivity index (χ1v) is 4.05. The van der Waals surface area contributed by atoms with Gasteiger partial charge >= 0.3 is 0 Å². The van der Waals surface area contributed by atoms with Gasteiger partial charge in [0.15, 0.2) is 0 Å². The summed E-state index contributed by atoms with van der Waals surface area (Å²) in [4.78, 5) is 4.12. The summed E-state index contributed by atoms with van der Waals surface area (Å²) < 4.78 is 0. The van der Waals surface area contributed by atoms with Crippen LogP contribution in [0.25, 0.3) is 0 Å². The molecule has 0 aromatic carbocycles. The summed E-state index contributed by atoms with van der Waals surface area (Å²) in [7, 11) is 0. The Morgan fingerprint density at radius 3 is 2.46 bits per heavy atom. The molecule has 0 amide bonds. The zero-order chi connectivity index (χ0) is 10.3. The zero-order valence-electron chi connectivity index (χ0n) is 8.30. The SMILES string of the molecule is C=C/C(C)=N/C(=C)NC(=C)/C=C\C. The molecule has 0 bridgehead atoms. The summed E-state index contributed by atoms with van der Waals surface area (Å²) in [5.74, 6) is 0.570. The summed E-state index contributed by atoms with van der Waals surface area (Å²) in [5, 5.41) is 2.94. The highest BCUT2D eigenvalue weighted by atomic mass is 15.0. The Balaban J connectivity index is 4.17. The number of rotatable bonds is 5. The van der Waals surface area contributed by atoms with Gasteiger partial charge in [0.25, 0.3) is 0 Å². The predicted octanol–water partition coefficient (Wildman–Crippen LogP) is 2.78. The normalized spacial score (nSPS) is 11.4. The maximum Gasteiger partial charge on any atom is 0.123 e. The van der Waals surface area contributed by atoms with Crippen LogP contribution in [0.5, 0.6) is 0 Å². The summed E-state index contributed by atoms with van der Waals surface area (Å²) in [5.41, 5.74) is 1.60. The van der Waals surface area contributed by atoms with Crippen LogP contribution >= 0.6 is 0 Å². The van der Waals surface area contributed by atoms with Gasteiger partial charge in [-0.2, -0.15) is 0 Å². The second-order valence-corrected chi connectivity index (χ2v) is 2.55. The van der Waals surface area contributed by atoms with Crippen molar-refractivity contribution >= 4 is 5.71 Å². The third-order valence-electron chi connectivity index (χ3n) is 1.28. The van der Waals surface area contributed by atoms with Crippen LogP contribution in [0, 0.1) is 0 Å². The molecule has 0 aliphatic rings. The number of allylic oxidation sites excluding steroid dienone is 3. The van der Waals surface area contributed by atoms with Crippen molar-refractivity contribution < 1.29 is 0 Å². The van der Waals surface area contributed by atoms with Crippen molar-refractivity contribution in [2.45, 2.75) is 13.8 Å². The van der Waals surface area contributed by atoms with Crippen molar-refractivity contribution in [1.29, 1.82) is 0 Å². The molecule has 0 radical (unpaired) electrons. The molecular weight excluding hydrogens is 160 g/mol. The lowest BCUT2D eigenvalue weighted by Gasteiger charge is -2.04. The lowest BCUT2D eigenvalue weighted by molar-refractivity contribution is 0.991. The van der Waals surface area contributed by atoms with Gasteiger partial charge in [0.2, 0.25) is 0 Å². The lowest BCUT2D eigenvalue weighted by Crippen LogP contribution is -2.08. The van der Waals surface area contributed by atoms with Gasteiger partial charge in [0.05, 0.1) is 0 Å². The van der Waals surface area contributed by atoms with E-state index in [1.54, 1.807) is 6.08 Å². The second kappa shape index (κ2) is 6.00. The second-order valence-electron chi connectivity index (χ2n) is 2.55. The van der Waals surface area contributed by atoms with Gasteiger partial charge in [-0.05, 0) is 26.0 Å². The summed E-state index contributed by atoms with van der Waals surface area (Å²) in [6.45, 7) is 14.9. The first-order chi connectivity index (χ1) is 6.10. The number of nitrogens with one attached hydrogen (secondary N) is 1. The third kappa shape index (κ3) is 5.67. The molecule has 0 rings (SSSR count). The van der Waals surface area contributed by atoms with Gasteiger partial charge in [0, 0.05) is 11.4 Å². The van der Waals surface area contributed by atoms with Gasteiger partial charge in [-0.25, -0.2) is 4.99 Å². The minimum absolute atomic E-state index is 0.570. The standard InChI is InChI=1S/C11H16N2/c1-6-8-10(4)13-11(5)12-9(3)7-2/h6-8,13H,2,4-5H2,1,3H3/b8-6-,12-9+. The lowest BCUT2D eigenvalue weighted by atomic mass is 10.4. The van der Waals surface area contributed by atoms with Gasteiger partial charge in [-0.15, -0.1) is 0 Å². The molecular formula is C11H16N2. The third-order valence-corrected chi connectivity index (χ3v) is 1.28. The molecule has 0 spiro atoms. The van der Waals surface area contributed by atoms with Gasteiger partial charge < -0.3 is 5.32 Å². The first-order valence-electron chi connectivity index (χ1n) is 4.05. The fraction of sp³-hybridized carbons (Fsp3) is 0.182. The van der Waals surface area contributed by atoms with Crippen molar-refractivity contribution in [3.8, 4) is 0 Å². The summed E-state index contributed by atoms with van der Waals surface area (Å²) in [6, 6.07) is 0. The quantitative estimate of drug-likeness (QED) is 0.505. The van der Waals surface area contributed by atoms with E-state index in [9.17, 15) is 0 Å². The highest BCUT2D eigenvalue weighted by molar-refractivity contribution is 5.92. The van der Waals surface area contributed by atoms with E-state index in [1.807, 2.05) is 26.0 Å². The molecule has 1 N–H and O–H groups in total. The fourth-order valence-corrected chi connectivity index (χ4v) is 0.715. The van der Waals surface area contributed by atoms with E-state index in [2.05, 4.69) is 30.0 Å². The number of aliphatic imine (C=N–C) groups is 1. The molecule has 0 aliphatic heterocycles. The smallest absolute Gasteiger partial charge is 0.123 e. The molecule has 0 atom stereocenters. The van der Waals surface area contributed by atoms with Crippen LogP contribution in [0.4, 0.5) is 0 Å². The van der Waals surface area contributed by atoms with Gasteiger partial charge in [0.1, 0.15) is 5.82 Å². The number of hydrogen-bond donors (Lipinski definition) is 1. The molecule has 13 heavy (non-hydrogen) atoms. The molecule has 0 saturated heterocycles. The van der Waals surface area contributed by atoms with E-state index in [-0.39, 0.29) is 0 Å². The van der Waals surface area contributed by atoms with Crippen LogP contribution in [0.15, 0.2) is 54.5 Å². The largest absolute Gasteiger partial charge is 0.341 e. The molecule has 0 unspecified atom stereocenters. The number of hydrogen-bond acceptors (Lipinski definition) is 2. The average Bonchev–Trinajstić information content (AvgIpc) is 2.04. The molecule has 0 aliphatic carbocycles. The maximum absolute atomic E-state index is 4.12. The van der Waals surface area contributed by atoms with Crippen molar-refractivity contribution in [3.63, 3.8) is 0 Å². The molecule has 70 valence electrons. The van der Waals surface area contributed by atoms with Crippen LogP contribution in [0.2, 0.25) is 0 Å². The first kappa shape index (κ1) is 11.4. The average molecular weight is 176 g/mol. The highest BCUT2D eigenvalue weighted by Gasteiger charge is 1.90. The van der Waals surface area contributed by atoms with Crippen molar-refractivity contribution in [1.82, 2.24) is 5.32 Å². The Labute approximate surface area is 80.1 Å². The van der Waals surface area contributed by atoms with E-state index in [0.717, 1.165) is 11.4 Å². The van der Waals surface area contributed by atoms with Crippen LogP contribution in [0.3, 0.4) is 0 Å². The van der Waals surface area contributed by atoms with E-state index >= 15 is 0 Å². The van der Waals surface area contributed by atoms with Crippen LogP contribution in [0.1, 0.15) is 13.8 Å². The Hall–Kier alpha value is -1.57. The van der Waals surface area contributed by atoms with E-state index in [4.69, 9.17) is 0 Å². The van der Waals surface area contributed by atoms with E-state index < -0.39 is 0 Å². The minimum Gasteiger partial charge on any atom is -0.341 e. The zero-order valence-corrected chi connectivity index (χ0v) is 8.30. The van der Waals surface area contributed by atoms with Gasteiger partial charge in [-0.1, -0.05) is 25.8 Å². The molecule has 0 saturated carbocycles. The summed E-state index contributed by atoms with van der Waals surface area (Å²) >= 11 is 0. The van der Waals surface area contributed by atoms with Crippen LogP contribution in [-0.4, -0.2) is 5.71 Å². The molecule has 0 aromatic rings. The Morgan fingerprint density at radius 2 is 2.00 bits per heavy atom. The van der Waals surface area contributed by atoms with E-state index in [0.29, 0.717) is 5.82 Å². The Bertz CT molecular complexity index is 270. The van der Waals surface area contributed by atoms with Crippen LogP contribution < -0.4 is 5.32 Å². The molecule has 0 aromatic heterocycles. The van der Waals surface area contributed by atoms with Crippen LogP contribution in [-0.2, 0) is 0 Å². The molecule has 0 heterocycles. The topological polar surface area (TPSA) is 24.4 Å². The number of nitrogens with zero attached hydrogens (tertiary/aromatic N) is 1. The van der Waals surface area contributed by atoms with Crippen molar-refractivity contribution in [2.24, 2.45) is 4.99 Å². The monoisotopic (exact) mass is 176 g/mol. The maximum atomic E-state index is 4.12. The van der Waals surface area contributed by atoms with E-state index in [1.165, 1.54) is 0 Å². The molecule has 2 heteroatoms. The molecule has 2 nitrogen and oxygen atoms in total. The minimum atomic E-state index is 0.570. The molecule has 0 fully saturated rings. The predicted molar refractivity (Wildman–Crippen MR) is 59.5 cm³/mol. The van der Waals surface area contributed by atoms with Gasteiger partial charge in [-0.3, -0.25) is 0 Å². The Kier molecular flexibility index (Phi) is 5.28. The van der Waals surface area contributed by atoms with Crippen molar-refractivity contribution in [2.75, 3.05) is 0 Å². The highest BCUT2D eigenvalue weighted by Crippen LogP contribution is 1.95. The fourth-order valence-electron chi connectivity index (χ4n) is 0.715. The van der Waals surface area contributed by atoms with Crippen molar-refractivity contribution in [3.05, 3.63) is 49.5 Å².